The molecule has 1 aliphatic carbocycles. The fourth-order valence-electron chi connectivity index (χ4n) is 2.10. The lowest BCUT2D eigenvalue weighted by atomic mass is 9.89. The van der Waals surface area contributed by atoms with Crippen molar-refractivity contribution in [2.24, 2.45) is 0 Å². The van der Waals surface area contributed by atoms with Gasteiger partial charge in [-0.25, -0.2) is 0 Å². The van der Waals surface area contributed by atoms with Crippen molar-refractivity contribution in [2.45, 2.75) is 19.3 Å². The Morgan fingerprint density at radius 3 is 2.94 bits per heavy atom. The second-order valence-electron chi connectivity index (χ2n) is 4.12. The maximum atomic E-state index is 11.3. The van der Waals surface area contributed by atoms with Crippen molar-refractivity contribution < 1.29 is 14.5 Å². The number of nitro benzene ring substituents is 1. The van der Waals surface area contributed by atoms with Crippen molar-refractivity contribution in [3.05, 3.63) is 45.5 Å². The van der Waals surface area contributed by atoms with Gasteiger partial charge < -0.3 is 4.74 Å². The number of ether oxygens (including phenoxy) is 1. The molecule has 1 aromatic carbocycles. The van der Waals surface area contributed by atoms with Gasteiger partial charge in [-0.3, -0.25) is 14.9 Å². The molecule has 0 heterocycles. The molecule has 0 aliphatic heterocycles. The van der Waals surface area contributed by atoms with Gasteiger partial charge in [-0.2, -0.15) is 0 Å². The number of hydrogen-bond acceptors (Lipinski definition) is 4. The van der Waals surface area contributed by atoms with Gasteiger partial charge in [0.1, 0.15) is 0 Å². The van der Waals surface area contributed by atoms with Crippen molar-refractivity contribution >= 4 is 17.2 Å². The molecule has 0 aromatic heterocycles. The zero-order chi connectivity index (χ0) is 13.1. The predicted molar refractivity (Wildman–Crippen MR) is 66.0 cm³/mol. The molecule has 0 atom stereocenters. The van der Waals surface area contributed by atoms with E-state index in [0.29, 0.717) is 0 Å². The Bertz CT molecular complexity index is 534. The number of carbonyl (C=O) groups is 1. The molecule has 0 saturated heterocycles. The second-order valence-corrected chi connectivity index (χ2v) is 4.12. The summed E-state index contributed by atoms with van der Waals surface area (Å²) in [6, 6.07) is 4.79. The second kappa shape index (κ2) is 5.00. The smallest absolute Gasteiger partial charge is 0.309 e. The standard InChI is InChI=1S/C13H13NO4/c1-18-13(15)7-10-4-2-3-9-5-6-11(14(16)17)8-12(9)10/h4-6,8H,2-3,7H2,1H3. The number of rotatable bonds is 3. The molecule has 0 amide bonds. The lowest BCUT2D eigenvalue weighted by Gasteiger charge is -2.16. The highest BCUT2D eigenvalue weighted by molar-refractivity contribution is 5.87. The van der Waals surface area contributed by atoms with Crippen molar-refractivity contribution in [3.63, 3.8) is 0 Å². The lowest BCUT2D eigenvalue weighted by molar-refractivity contribution is -0.384. The number of aryl methyl sites for hydroxylation is 1. The maximum Gasteiger partial charge on any atom is 0.309 e. The van der Waals surface area contributed by atoms with Crippen LogP contribution in [0.3, 0.4) is 0 Å². The Morgan fingerprint density at radius 1 is 1.50 bits per heavy atom. The Kier molecular flexibility index (Phi) is 3.41. The van der Waals surface area contributed by atoms with Crippen LogP contribution < -0.4 is 0 Å². The number of nitro groups is 1. The molecule has 94 valence electrons. The number of allylic oxidation sites excluding steroid dienone is 1. The van der Waals surface area contributed by atoms with Crippen LogP contribution >= 0.6 is 0 Å². The Labute approximate surface area is 104 Å². The summed E-state index contributed by atoms with van der Waals surface area (Å²) in [5.74, 6) is -0.333. The Hall–Kier alpha value is -2.17. The van der Waals surface area contributed by atoms with E-state index in [1.165, 1.54) is 19.2 Å². The van der Waals surface area contributed by atoms with Gasteiger partial charge in [0, 0.05) is 12.1 Å². The SMILES string of the molecule is COC(=O)CC1=CCCc2ccc([N+](=O)[O-])cc21. The molecule has 1 aliphatic rings. The highest BCUT2D eigenvalue weighted by atomic mass is 16.6. The van der Waals surface area contributed by atoms with E-state index in [9.17, 15) is 14.9 Å². The zero-order valence-corrected chi connectivity index (χ0v) is 10.0. The first-order chi connectivity index (χ1) is 8.61. The number of non-ortho nitro benzene ring substituents is 1. The largest absolute Gasteiger partial charge is 0.469 e. The van der Waals surface area contributed by atoms with Gasteiger partial charge in [-0.1, -0.05) is 12.1 Å². The van der Waals surface area contributed by atoms with Crippen molar-refractivity contribution in [1.29, 1.82) is 0 Å². The molecule has 0 radical (unpaired) electrons. The summed E-state index contributed by atoms with van der Waals surface area (Å²) in [6.45, 7) is 0. The first-order valence-corrected chi connectivity index (χ1v) is 5.65. The molecule has 0 spiro atoms. The highest BCUT2D eigenvalue weighted by Gasteiger charge is 2.18. The van der Waals surface area contributed by atoms with Crippen molar-refractivity contribution in [3.8, 4) is 0 Å². The summed E-state index contributed by atoms with van der Waals surface area (Å²) in [5.41, 5.74) is 2.70. The molecular weight excluding hydrogens is 234 g/mol. The molecule has 0 fully saturated rings. The van der Waals surface area contributed by atoms with Crippen LogP contribution in [0.1, 0.15) is 24.0 Å². The van der Waals surface area contributed by atoms with Crippen LogP contribution in [0.2, 0.25) is 0 Å². The zero-order valence-electron chi connectivity index (χ0n) is 10.0. The number of nitrogens with zero attached hydrogens (tertiary/aromatic N) is 1. The van der Waals surface area contributed by atoms with Crippen LogP contribution in [0.15, 0.2) is 24.3 Å². The minimum atomic E-state index is -0.426. The van der Waals surface area contributed by atoms with Gasteiger partial charge in [0.15, 0.2) is 0 Å². The van der Waals surface area contributed by atoms with E-state index in [0.717, 1.165) is 29.5 Å². The van der Waals surface area contributed by atoms with Crippen LogP contribution in [0.4, 0.5) is 5.69 Å². The average molecular weight is 247 g/mol. The number of carbonyl (C=O) groups excluding carboxylic acids is 1. The summed E-state index contributed by atoms with van der Waals surface area (Å²) < 4.78 is 4.63. The topological polar surface area (TPSA) is 69.4 Å². The number of hydrogen-bond donors (Lipinski definition) is 0. The average Bonchev–Trinajstić information content (AvgIpc) is 2.38. The number of methoxy groups -OCH3 is 1. The minimum absolute atomic E-state index is 0.0476. The van der Waals surface area contributed by atoms with Crippen LogP contribution in [0.5, 0.6) is 0 Å². The van der Waals surface area contributed by atoms with Gasteiger partial charge in [0.25, 0.3) is 5.69 Å². The Balaban J connectivity index is 2.37. The van der Waals surface area contributed by atoms with Gasteiger partial charge in [0.2, 0.25) is 0 Å². The molecule has 0 N–H and O–H groups in total. The lowest BCUT2D eigenvalue weighted by Crippen LogP contribution is -2.06. The van der Waals surface area contributed by atoms with Crippen molar-refractivity contribution in [1.82, 2.24) is 0 Å². The van der Waals surface area contributed by atoms with E-state index in [1.54, 1.807) is 6.07 Å². The molecule has 0 saturated carbocycles. The van der Waals surface area contributed by atoms with E-state index in [1.807, 2.05) is 6.08 Å². The van der Waals surface area contributed by atoms with Gasteiger partial charge in [-0.05, 0) is 29.5 Å². The number of benzene rings is 1. The van der Waals surface area contributed by atoms with Gasteiger partial charge in [-0.15, -0.1) is 0 Å². The van der Waals surface area contributed by atoms with Crippen LogP contribution in [-0.2, 0) is 16.0 Å². The number of esters is 1. The summed E-state index contributed by atoms with van der Waals surface area (Å²) >= 11 is 0. The molecule has 2 rings (SSSR count). The van der Waals surface area contributed by atoms with Gasteiger partial charge in [0.05, 0.1) is 18.5 Å². The van der Waals surface area contributed by atoms with Crippen LogP contribution in [0, 0.1) is 10.1 Å². The fourth-order valence-corrected chi connectivity index (χ4v) is 2.10. The third kappa shape index (κ3) is 2.40. The monoisotopic (exact) mass is 247 g/mol. The first-order valence-electron chi connectivity index (χ1n) is 5.65. The fraction of sp³-hybridized carbons (Fsp3) is 0.308. The molecule has 5 heteroatoms. The van der Waals surface area contributed by atoms with Gasteiger partial charge >= 0.3 is 5.97 Å². The summed E-state index contributed by atoms with van der Waals surface area (Å²) in [4.78, 5) is 21.7. The normalized spacial score (nSPS) is 13.5. The summed E-state index contributed by atoms with van der Waals surface area (Å²) in [6.07, 6.45) is 3.79. The predicted octanol–water partition coefficient (Wildman–Crippen LogP) is 2.49. The molecule has 1 aromatic rings. The van der Waals surface area contributed by atoms with Crippen LogP contribution in [0.25, 0.3) is 5.57 Å². The molecule has 0 bridgehead atoms. The third-order valence-electron chi connectivity index (χ3n) is 3.02. The first kappa shape index (κ1) is 12.3. The van der Waals surface area contributed by atoms with E-state index in [2.05, 4.69) is 4.74 Å². The third-order valence-corrected chi connectivity index (χ3v) is 3.02. The highest BCUT2D eigenvalue weighted by Crippen LogP contribution is 2.31. The quantitative estimate of drug-likeness (QED) is 0.467. The Morgan fingerprint density at radius 2 is 2.28 bits per heavy atom. The molecule has 0 unspecified atom stereocenters. The van der Waals surface area contributed by atoms with E-state index >= 15 is 0 Å². The van der Waals surface area contributed by atoms with E-state index in [-0.39, 0.29) is 18.1 Å². The summed E-state index contributed by atoms with van der Waals surface area (Å²) in [7, 11) is 1.33. The minimum Gasteiger partial charge on any atom is -0.469 e. The molecule has 5 nitrogen and oxygen atoms in total. The van der Waals surface area contributed by atoms with Crippen LogP contribution in [-0.4, -0.2) is 18.0 Å². The number of fused-ring (bicyclic) bond motifs is 1. The van der Waals surface area contributed by atoms with E-state index in [4.69, 9.17) is 0 Å². The molecule has 18 heavy (non-hydrogen) atoms. The maximum absolute atomic E-state index is 11.3. The summed E-state index contributed by atoms with van der Waals surface area (Å²) in [5, 5.41) is 10.8. The van der Waals surface area contributed by atoms with E-state index < -0.39 is 4.92 Å². The van der Waals surface area contributed by atoms with Crippen molar-refractivity contribution in [2.75, 3.05) is 7.11 Å². The molecular formula is C13H13NO4.